The average molecular weight is 291 g/mol. The number of nitrogens with one attached hydrogen (secondary N) is 3. The Kier molecular flexibility index (Phi) is 3.90. The van der Waals surface area contributed by atoms with E-state index in [0.29, 0.717) is 18.1 Å². The summed E-state index contributed by atoms with van der Waals surface area (Å²) in [5, 5.41) is 11.0. The summed E-state index contributed by atoms with van der Waals surface area (Å²) in [6.07, 6.45) is 6.65. The van der Waals surface area contributed by atoms with Gasteiger partial charge in [-0.15, -0.1) is 0 Å². The van der Waals surface area contributed by atoms with Crippen molar-refractivity contribution in [1.82, 2.24) is 20.9 Å². The van der Waals surface area contributed by atoms with E-state index in [4.69, 9.17) is 4.99 Å². The molecule has 118 valence electrons. The second-order valence-electron chi connectivity index (χ2n) is 7.41. The predicted octanol–water partition coefficient (Wildman–Crippen LogP) is 0.386. The SMILES string of the molecule is CN1CNC2C(=NCC3CC3)NC(C3CCNCC3)CC21. The van der Waals surface area contributed by atoms with E-state index in [1.54, 1.807) is 0 Å². The highest BCUT2D eigenvalue weighted by atomic mass is 15.3. The van der Waals surface area contributed by atoms with E-state index in [9.17, 15) is 0 Å². The summed E-state index contributed by atoms with van der Waals surface area (Å²) < 4.78 is 0. The number of amidine groups is 1. The van der Waals surface area contributed by atoms with Gasteiger partial charge in [0.05, 0.1) is 6.04 Å². The second-order valence-corrected chi connectivity index (χ2v) is 7.41. The van der Waals surface area contributed by atoms with Crippen molar-refractivity contribution >= 4 is 5.84 Å². The molecule has 3 saturated heterocycles. The van der Waals surface area contributed by atoms with E-state index in [0.717, 1.165) is 25.0 Å². The van der Waals surface area contributed by atoms with Gasteiger partial charge in [0.1, 0.15) is 5.84 Å². The third-order valence-electron chi connectivity index (χ3n) is 5.80. The molecule has 1 saturated carbocycles. The highest BCUT2D eigenvalue weighted by Crippen LogP contribution is 2.31. The van der Waals surface area contributed by atoms with Crippen molar-refractivity contribution < 1.29 is 0 Å². The maximum absolute atomic E-state index is 4.97. The highest BCUT2D eigenvalue weighted by Gasteiger charge is 2.43. The summed E-state index contributed by atoms with van der Waals surface area (Å²) in [5.41, 5.74) is 0. The number of hydrogen-bond acceptors (Lipinski definition) is 4. The van der Waals surface area contributed by atoms with Crippen LogP contribution in [-0.2, 0) is 0 Å². The van der Waals surface area contributed by atoms with Crippen LogP contribution in [0.15, 0.2) is 4.99 Å². The van der Waals surface area contributed by atoms with Gasteiger partial charge in [0, 0.05) is 25.3 Å². The molecule has 21 heavy (non-hydrogen) atoms. The normalized spacial score (nSPS) is 40.2. The largest absolute Gasteiger partial charge is 0.369 e. The number of piperidine rings is 2. The average Bonchev–Trinajstić information content (AvgIpc) is 3.29. The molecule has 5 nitrogen and oxygen atoms in total. The Morgan fingerprint density at radius 1 is 1.19 bits per heavy atom. The van der Waals surface area contributed by atoms with E-state index >= 15 is 0 Å². The van der Waals surface area contributed by atoms with Crippen LogP contribution in [0.1, 0.15) is 32.1 Å². The van der Waals surface area contributed by atoms with Crippen molar-refractivity contribution in [2.24, 2.45) is 16.8 Å². The highest BCUT2D eigenvalue weighted by molar-refractivity contribution is 5.89. The lowest BCUT2D eigenvalue weighted by molar-refractivity contribution is 0.208. The van der Waals surface area contributed by atoms with Crippen LogP contribution in [0, 0.1) is 11.8 Å². The molecule has 0 aromatic carbocycles. The maximum Gasteiger partial charge on any atom is 0.115 e. The minimum atomic E-state index is 0.437. The molecule has 3 heterocycles. The van der Waals surface area contributed by atoms with E-state index in [-0.39, 0.29) is 0 Å². The third-order valence-corrected chi connectivity index (χ3v) is 5.80. The summed E-state index contributed by atoms with van der Waals surface area (Å²) in [7, 11) is 2.25. The third kappa shape index (κ3) is 2.96. The molecule has 1 aliphatic carbocycles. The van der Waals surface area contributed by atoms with Crippen molar-refractivity contribution in [1.29, 1.82) is 0 Å². The van der Waals surface area contributed by atoms with E-state index < -0.39 is 0 Å². The molecule has 5 heteroatoms. The van der Waals surface area contributed by atoms with Gasteiger partial charge in [-0.25, -0.2) is 0 Å². The van der Waals surface area contributed by atoms with Crippen LogP contribution in [0.25, 0.3) is 0 Å². The molecule has 3 atom stereocenters. The first-order valence-electron chi connectivity index (χ1n) is 8.76. The molecular weight excluding hydrogens is 262 g/mol. The zero-order valence-electron chi connectivity index (χ0n) is 13.1. The molecule has 4 rings (SSSR count). The summed E-state index contributed by atoms with van der Waals surface area (Å²) >= 11 is 0. The summed E-state index contributed by atoms with van der Waals surface area (Å²) in [6, 6.07) is 1.68. The topological polar surface area (TPSA) is 51.7 Å². The number of fused-ring (bicyclic) bond motifs is 1. The quantitative estimate of drug-likeness (QED) is 0.704. The summed E-state index contributed by atoms with van der Waals surface area (Å²) in [4.78, 5) is 7.45. The van der Waals surface area contributed by atoms with Crippen LogP contribution in [-0.4, -0.2) is 62.2 Å². The van der Waals surface area contributed by atoms with Crippen molar-refractivity contribution in [2.45, 2.75) is 50.2 Å². The Morgan fingerprint density at radius 2 is 2.00 bits per heavy atom. The zero-order chi connectivity index (χ0) is 14.2. The molecule has 3 unspecified atom stereocenters. The Hall–Kier alpha value is -0.650. The molecule has 0 amide bonds. The van der Waals surface area contributed by atoms with Gasteiger partial charge in [0.15, 0.2) is 0 Å². The molecule has 3 N–H and O–H groups in total. The molecule has 0 aromatic heterocycles. The van der Waals surface area contributed by atoms with E-state index in [2.05, 4.69) is 27.9 Å². The van der Waals surface area contributed by atoms with Crippen molar-refractivity contribution in [3.63, 3.8) is 0 Å². The van der Waals surface area contributed by atoms with Gasteiger partial charge in [-0.05, 0) is 64.1 Å². The first kappa shape index (κ1) is 14.0. The fraction of sp³-hybridized carbons (Fsp3) is 0.938. The van der Waals surface area contributed by atoms with Crippen LogP contribution in [0.5, 0.6) is 0 Å². The smallest absolute Gasteiger partial charge is 0.115 e. The number of rotatable bonds is 3. The monoisotopic (exact) mass is 291 g/mol. The molecule has 0 spiro atoms. The van der Waals surface area contributed by atoms with Crippen molar-refractivity contribution in [3.05, 3.63) is 0 Å². The molecular formula is C16H29N5. The number of likely N-dealkylation sites (N-methyl/N-ethyl adjacent to an activating group) is 1. The fourth-order valence-electron chi connectivity index (χ4n) is 4.17. The van der Waals surface area contributed by atoms with Crippen LogP contribution in [0.4, 0.5) is 0 Å². The molecule has 0 radical (unpaired) electrons. The van der Waals surface area contributed by atoms with Gasteiger partial charge < -0.3 is 10.6 Å². The Morgan fingerprint density at radius 3 is 2.76 bits per heavy atom. The lowest BCUT2D eigenvalue weighted by Gasteiger charge is -2.41. The molecule has 4 fully saturated rings. The molecule has 4 aliphatic rings. The van der Waals surface area contributed by atoms with Gasteiger partial charge >= 0.3 is 0 Å². The van der Waals surface area contributed by atoms with Gasteiger partial charge in [-0.1, -0.05) is 0 Å². The predicted molar refractivity (Wildman–Crippen MR) is 85.5 cm³/mol. The Labute approximate surface area is 127 Å². The van der Waals surface area contributed by atoms with Crippen LogP contribution in [0.3, 0.4) is 0 Å². The van der Waals surface area contributed by atoms with Crippen LogP contribution < -0.4 is 16.0 Å². The van der Waals surface area contributed by atoms with Crippen LogP contribution in [0.2, 0.25) is 0 Å². The van der Waals surface area contributed by atoms with Crippen LogP contribution >= 0.6 is 0 Å². The second kappa shape index (κ2) is 5.86. The molecule has 3 aliphatic heterocycles. The summed E-state index contributed by atoms with van der Waals surface area (Å²) in [5.74, 6) is 2.94. The van der Waals surface area contributed by atoms with E-state index in [1.165, 1.54) is 51.0 Å². The fourth-order valence-corrected chi connectivity index (χ4v) is 4.17. The van der Waals surface area contributed by atoms with Crippen molar-refractivity contribution in [3.8, 4) is 0 Å². The Bertz CT molecular complexity index is 399. The van der Waals surface area contributed by atoms with Gasteiger partial charge in [0.2, 0.25) is 0 Å². The van der Waals surface area contributed by atoms with Crippen molar-refractivity contribution in [2.75, 3.05) is 33.4 Å². The number of hydrogen-bond donors (Lipinski definition) is 3. The van der Waals surface area contributed by atoms with Gasteiger partial charge in [-0.3, -0.25) is 15.2 Å². The van der Waals surface area contributed by atoms with Gasteiger partial charge in [0.25, 0.3) is 0 Å². The standard InChI is InChI=1S/C16H29N5/c1-21-10-19-15-14(21)8-13(12-4-6-17-7-5-12)20-16(15)18-9-11-2-3-11/h11-15,17,19H,2-10H2,1H3,(H,18,20). The Balaban J connectivity index is 1.49. The zero-order valence-corrected chi connectivity index (χ0v) is 13.1. The number of aliphatic imine (C=N–C) groups is 1. The first-order valence-corrected chi connectivity index (χ1v) is 8.76. The minimum absolute atomic E-state index is 0.437. The molecule has 0 bridgehead atoms. The lowest BCUT2D eigenvalue weighted by atomic mass is 9.82. The summed E-state index contributed by atoms with van der Waals surface area (Å²) in [6.45, 7) is 4.40. The minimum Gasteiger partial charge on any atom is -0.369 e. The first-order chi connectivity index (χ1) is 10.3. The van der Waals surface area contributed by atoms with E-state index in [1.807, 2.05) is 0 Å². The molecule has 0 aromatic rings. The van der Waals surface area contributed by atoms with Gasteiger partial charge in [-0.2, -0.15) is 0 Å². The number of nitrogens with zero attached hydrogens (tertiary/aromatic N) is 2. The maximum atomic E-state index is 4.97. The lowest BCUT2D eigenvalue weighted by Crippen LogP contribution is -2.60.